The second kappa shape index (κ2) is 6.76. The first-order chi connectivity index (χ1) is 9.62. The third kappa shape index (κ3) is 3.73. The maximum atomic E-state index is 5.93. The maximum Gasteiger partial charge on any atom is 0.219 e. The average molecular weight is 290 g/mol. The molecule has 106 valence electrons. The van der Waals surface area contributed by atoms with Crippen LogP contribution in [0.15, 0.2) is 36.4 Å². The lowest BCUT2D eigenvalue weighted by molar-refractivity contribution is 0.458. The number of aromatic nitrogens is 1. The highest BCUT2D eigenvalue weighted by atomic mass is 35.5. The summed E-state index contributed by atoms with van der Waals surface area (Å²) in [5, 5.41) is 0. The van der Waals surface area contributed by atoms with Crippen molar-refractivity contribution in [1.82, 2.24) is 4.98 Å². The van der Waals surface area contributed by atoms with E-state index in [2.05, 4.69) is 37.9 Å². The first-order valence-corrected chi connectivity index (χ1v) is 7.49. The van der Waals surface area contributed by atoms with Gasteiger partial charge in [0, 0.05) is 17.6 Å². The second-order valence-electron chi connectivity index (χ2n) is 5.13. The molecule has 20 heavy (non-hydrogen) atoms. The van der Waals surface area contributed by atoms with Crippen LogP contribution in [0.2, 0.25) is 0 Å². The number of hydrogen-bond donors (Lipinski definition) is 0. The van der Waals surface area contributed by atoms with Crippen LogP contribution in [-0.2, 0) is 12.3 Å². The standard InChI is InChI=1S/C17H20ClNO/c1-4-13-5-7-15(8-6-13)20-17-10-14(11-18)9-16(19-17)12(2)3/h5-10,12H,4,11H2,1-3H3. The lowest BCUT2D eigenvalue weighted by Crippen LogP contribution is -1.98. The fourth-order valence-corrected chi connectivity index (χ4v) is 2.08. The van der Waals surface area contributed by atoms with Crippen molar-refractivity contribution in [3.05, 3.63) is 53.2 Å². The molecule has 3 heteroatoms. The van der Waals surface area contributed by atoms with Gasteiger partial charge < -0.3 is 4.74 Å². The predicted octanol–water partition coefficient (Wildman–Crippen LogP) is 5.30. The highest BCUT2D eigenvalue weighted by Gasteiger charge is 2.07. The molecule has 0 amide bonds. The van der Waals surface area contributed by atoms with Gasteiger partial charge in [-0.05, 0) is 41.7 Å². The van der Waals surface area contributed by atoms with Crippen LogP contribution in [0.4, 0.5) is 0 Å². The highest BCUT2D eigenvalue weighted by Crippen LogP contribution is 2.25. The molecule has 0 atom stereocenters. The van der Waals surface area contributed by atoms with Crippen LogP contribution in [0.5, 0.6) is 11.6 Å². The van der Waals surface area contributed by atoms with Crippen molar-refractivity contribution in [2.75, 3.05) is 0 Å². The zero-order chi connectivity index (χ0) is 14.5. The van der Waals surface area contributed by atoms with E-state index in [9.17, 15) is 0 Å². The Morgan fingerprint density at radius 3 is 2.35 bits per heavy atom. The molecule has 0 aliphatic carbocycles. The van der Waals surface area contributed by atoms with Gasteiger partial charge in [0.2, 0.25) is 5.88 Å². The summed E-state index contributed by atoms with van der Waals surface area (Å²) in [6.45, 7) is 6.36. The molecular weight excluding hydrogens is 270 g/mol. The topological polar surface area (TPSA) is 22.1 Å². The predicted molar refractivity (Wildman–Crippen MR) is 83.8 cm³/mol. The molecular formula is C17H20ClNO. The van der Waals surface area contributed by atoms with E-state index in [0.29, 0.717) is 17.7 Å². The van der Waals surface area contributed by atoms with Crippen molar-refractivity contribution in [3.8, 4) is 11.6 Å². The summed E-state index contributed by atoms with van der Waals surface area (Å²) < 4.78 is 5.84. The molecule has 0 N–H and O–H groups in total. The Morgan fingerprint density at radius 1 is 1.10 bits per heavy atom. The van der Waals surface area contributed by atoms with Gasteiger partial charge in [0.15, 0.2) is 0 Å². The molecule has 0 spiro atoms. The zero-order valence-electron chi connectivity index (χ0n) is 12.2. The molecule has 2 nitrogen and oxygen atoms in total. The minimum absolute atomic E-state index is 0.350. The lowest BCUT2D eigenvalue weighted by Gasteiger charge is -2.11. The first-order valence-electron chi connectivity index (χ1n) is 6.96. The quantitative estimate of drug-likeness (QED) is 0.697. The molecule has 0 aliphatic heterocycles. The number of hydrogen-bond acceptors (Lipinski definition) is 2. The van der Waals surface area contributed by atoms with Gasteiger partial charge in [-0.25, -0.2) is 4.98 Å². The Hall–Kier alpha value is -1.54. The number of rotatable bonds is 5. The van der Waals surface area contributed by atoms with E-state index in [1.807, 2.05) is 24.3 Å². The summed E-state index contributed by atoms with van der Waals surface area (Å²) in [5.41, 5.74) is 3.33. The van der Waals surface area contributed by atoms with Crippen LogP contribution in [0.3, 0.4) is 0 Å². The molecule has 0 unspecified atom stereocenters. The number of pyridine rings is 1. The minimum atomic E-state index is 0.350. The third-order valence-corrected chi connectivity index (χ3v) is 3.49. The van der Waals surface area contributed by atoms with E-state index in [0.717, 1.165) is 23.4 Å². The molecule has 1 aromatic carbocycles. The Labute approximate surface area is 125 Å². The average Bonchev–Trinajstić information content (AvgIpc) is 2.47. The molecule has 0 saturated heterocycles. The molecule has 0 radical (unpaired) electrons. The Morgan fingerprint density at radius 2 is 1.80 bits per heavy atom. The van der Waals surface area contributed by atoms with Gasteiger partial charge in [-0.15, -0.1) is 11.6 Å². The number of alkyl halides is 1. The van der Waals surface area contributed by atoms with Crippen LogP contribution in [-0.4, -0.2) is 4.98 Å². The zero-order valence-corrected chi connectivity index (χ0v) is 12.9. The Bertz CT molecular complexity index is 564. The Kier molecular flexibility index (Phi) is 5.02. The van der Waals surface area contributed by atoms with Crippen LogP contribution < -0.4 is 4.74 Å². The highest BCUT2D eigenvalue weighted by molar-refractivity contribution is 6.17. The van der Waals surface area contributed by atoms with Gasteiger partial charge in [-0.3, -0.25) is 0 Å². The number of benzene rings is 1. The van der Waals surface area contributed by atoms with Crippen LogP contribution in [0.25, 0.3) is 0 Å². The van der Waals surface area contributed by atoms with Crippen LogP contribution in [0.1, 0.15) is 43.5 Å². The molecule has 0 saturated carbocycles. The van der Waals surface area contributed by atoms with Crippen molar-refractivity contribution in [3.63, 3.8) is 0 Å². The smallest absolute Gasteiger partial charge is 0.219 e. The van der Waals surface area contributed by atoms with Gasteiger partial charge in [-0.1, -0.05) is 32.9 Å². The maximum absolute atomic E-state index is 5.93. The third-order valence-electron chi connectivity index (χ3n) is 3.18. The Balaban J connectivity index is 2.24. The van der Waals surface area contributed by atoms with Gasteiger partial charge in [0.05, 0.1) is 0 Å². The lowest BCUT2D eigenvalue weighted by atomic mass is 10.1. The first kappa shape index (κ1) is 14.9. The van der Waals surface area contributed by atoms with Gasteiger partial charge in [0.25, 0.3) is 0 Å². The number of ether oxygens (including phenoxy) is 1. The summed E-state index contributed by atoms with van der Waals surface area (Å²) in [6.07, 6.45) is 1.03. The van der Waals surface area contributed by atoms with Crippen molar-refractivity contribution in [2.45, 2.75) is 39.0 Å². The SMILES string of the molecule is CCc1ccc(Oc2cc(CCl)cc(C(C)C)n2)cc1. The largest absolute Gasteiger partial charge is 0.439 e. The molecule has 0 bridgehead atoms. The van der Waals surface area contributed by atoms with Crippen molar-refractivity contribution in [2.24, 2.45) is 0 Å². The fraction of sp³-hybridized carbons (Fsp3) is 0.353. The van der Waals surface area contributed by atoms with E-state index in [4.69, 9.17) is 16.3 Å². The van der Waals surface area contributed by atoms with E-state index in [-0.39, 0.29) is 0 Å². The number of halogens is 1. The molecule has 2 rings (SSSR count). The summed E-state index contributed by atoms with van der Waals surface area (Å²) >= 11 is 5.93. The number of aryl methyl sites for hydroxylation is 1. The molecule has 1 aromatic heterocycles. The summed E-state index contributed by atoms with van der Waals surface area (Å²) in [4.78, 5) is 4.54. The van der Waals surface area contributed by atoms with Gasteiger partial charge >= 0.3 is 0 Å². The molecule has 2 aromatic rings. The summed E-state index contributed by atoms with van der Waals surface area (Å²) in [7, 11) is 0. The van der Waals surface area contributed by atoms with Crippen molar-refractivity contribution in [1.29, 1.82) is 0 Å². The molecule has 0 fully saturated rings. The number of nitrogens with zero attached hydrogens (tertiary/aromatic N) is 1. The monoisotopic (exact) mass is 289 g/mol. The van der Waals surface area contributed by atoms with Crippen LogP contribution in [0, 0.1) is 0 Å². The normalized spacial score (nSPS) is 10.8. The van der Waals surface area contributed by atoms with E-state index < -0.39 is 0 Å². The van der Waals surface area contributed by atoms with Gasteiger partial charge in [-0.2, -0.15) is 0 Å². The van der Waals surface area contributed by atoms with Crippen LogP contribution >= 0.6 is 11.6 Å². The van der Waals surface area contributed by atoms with E-state index in [1.54, 1.807) is 0 Å². The van der Waals surface area contributed by atoms with Gasteiger partial charge in [0.1, 0.15) is 5.75 Å². The van der Waals surface area contributed by atoms with Crippen molar-refractivity contribution < 1.29 is 4.74 Å². The van der Waals surface area contributed by atoms with E-state index in [1.165, 1.54) is 5.56 Å². The fourth-order valence-electron chi connectivity index (χ4n) is 1.92. The molecule has 0 aliphatic rings. The molecule has 1 heterocycles. The summed E-state index contributed by atoms with van der Waals surface area (Å²) in [5.74, 6) is 2.23. The summed E-state index contributed by atoms with van der Waals surface area (Å²) in [6, 6.07) is 12.0. The van der Waals surface area contributed by atoms with E-state index >= 15 is 0 Å². The minimum Gasteiger partial charge on any atom is -0.439 e. The van der Waals surface area contributed by atoms with Crippen molar-refractivity contribution >= 4 is 11.6 Å². The second-order valence-corrected chi connectivity index (χ2v) is 5.39.